The molecule has 1 atom stereocenters. The van der Waals surface area contributed by atoms with Gasteiger partial charge >= 0.3 is 0 Å². The highest BCUT2D eigenvalue weighted by Crippen LogP contribution is 2.31. The first-order valence-electron chi connectivity index (χ1n) is 9.59. The first kappa shape index (κ1) is 19.7. The third-order valence-corrected chi connectivity index (χ3v) is 4.82. The first-order chi connectivity index (χ1) is 13.7. The number of nitro benzene ring substituents is 1. The molecule has 0 aliphatic carbocycles. The first-order valence-corrected chi connectivity index (χ1v) is 9.59. The molecule has 1 aliphatic rings. The van der Waals surface area contributed by atoms with Gasteiger partial charge in [-0.1, -0.05) is 30.3 Å². The topological polar surface area (TPSA) is 88.8 Å². The number of guanidine groups is 1. The van der Waals surface area contributed by atoms with Crippen molar-refractivity contribution in [2.24, 2.45) is 4.99 Å². The molecule has 0 bridgehead atoms. The number of hydrogen-bond acceptors (Lipinski definition) is 4. The zero-order chi connectivity index (χ0) is 19.8. The van der Waals surface area contributed by atoms with Crippen LogP contribution in [0.1, 0.15) is 36.4 Å². The largest absolute Gasteiger partial charge is 0.493 e. The number of fused-ring (bicyclic) bond motifs is 1. The van der Waals surface area contributed by atoms with Crippen molar-refractivity contribution in [3.05, 3.63) is 69.8 Å². The Bertz CT molecular complexity index is 821. The van der Waals surface area contributed by atoms with Crippen LogP contribution in [-0.4, -0.2) is 31.1 Å². The van der Waals surface area contributed by atoms with E-state index in [0.29, 0.717) is 6.61 Å². The van der Waals surface area contributed by atoms with Gasteiger partial charge in [0.2, 0.25) is 0 Å². The molecule has 148 valence electrons. The van der Waals surface area contributed by atoms with E-state index in [4.69, 9.17) is 4.74 Å². The summed E-state index contributed by atoms with van der Waals surface area (Å²) in [5.41, 5.74) is 2.41. The van der Waals surface area contributed by atoms with Crippen molar-refractivity contribution in [2.75, 3.05) is 20.2 Å². The molecule has 2 aromatic carbocycles. The average Bonchev–Trinajstić information content (AvgIpc) is 2.73. The lowest BCUT2D eigenvalue weighted by Gasteiger charge is -2.28. The van der Waals surface area contributed by atoms with Crippen molar-refractivity contribution in [2.45, 2.75) is 31.7 Å². The maximum atomic E-state index is 10.7. The number of ether oxygens (including phenoxy) is 1. The van der Waals surface area contributed by atoms with E-state index in [9.17, 15) is 10.1 Å². The quantitative estimate of drug-likeness (QED) is 0.251. The molecule has 0 fully saturated rings. The van der Waals surface area contributed by atoms with E-state index in [1.54, 1.807) is 19.2 Å². The van der Waals surface area contributed by atoms with Crippen LogP contribution in [-0.2, 0) is 6.42 Å². The second-order valence-electron chi connectivity index (χ2n) is 6.75. The fourth-order valence-corrected chi connectivity index (χ4v) is 3.30. The number of benzene rings is 2. The SMILES string of the molecule is CN=C(NCCCCc1ccc([N+](=O)[O-])cc1)NC1CCOc2ccccc21. The average molecular weight is 382 g/mol. The van der Waals surface area contributed by atoms with Crippen LogP contribution < -0.4 is 15.4 Å². The number of unbranched alkanes of at least 4 members (excludes halogenated alkanes) is 1. The monoisotopic (exact) mass is 382 g/mol. The van der Waals surface area contributed by atoms with Crippen LogP contribution in [0.4, 0.5) is 5.69 Å². The molecule has 7 heteroatoms. The minimum Gasteiger partial charge on any atom is -0.493 e. The van der Waals surface area contributed by atoms with Gasteiger partial charge in [0.25, 0.3) is 5.69 Å². The summed E-state index contributed by atoms with van der Waals surface area (Å²) in [5.74, 6) is 1.72. The zero-order valence-corrected chi connectivity index (χ0v) is 16.1. The lowest BCUT2D eigenvalue weighted by Crippen LogP contribution is -2.41. The number of nitro groups is 1. The highest BCUT2D eigenvalue weighted by molar-refractivity contribution is 5.80. The molecule has 7 nitrogen and oxygen atoms in total. The Morgan fingerprint density at radius 1 is 1.21 bits per heavy atom. The van der Waals surface area contributed by atoms with E-state index < -0.39 is 0 Å². The summed E-state index contributed by atoms with van der Waals surface area (Å²) in [4.78, 5) is 14.6. The molecule has 0 spiro atoms. The van der Waals surface area contributed by atoms with Crippen LogP contribution in [0.25, 0.3) is 0 Å². The summed E-state index contributed by atoms with van der Waals surface area (Å²) in [5, 5.41) is 17.5. The Morgan fingerprint density at radius 3 is 2.75 bits per heavy atom. The van der Waals surface area contributed by atoms with Crippen LogP contribution >= 0.6 is 0 Å². The Morgan fingerprint density at radius 2 is 2.00 bits per heavy atom. The molecule has 0 saturated heterocycles. The molecule has 0 amide bonds. The summed E-state index contributed by atoms with van der Waals surface area (Å²) in [6.07, 6.45) is 3.79. The summed E-state index contributed by atoms with van der Waals surface area (Å²) in [6, 6.07) is 15.1. The number of aryl methyl sites for hydroxylation is 1. The Kier molecular flexibility index (Phi) is 6.84. The van der Waals surface area contributed by atoms with E-state index in [2.05, 4.69) is 21.7 Å². The van der Waals surface area contributed by atoms with Gasteiger partial charge in [0.1, 0.15) is 5.75 Å². The van der Waals surface area contributed by atoms with Crippen molar-refractivity contribution in [3.8, 4) is 5.75 Å². The predicted molar refractivity (Wildman–Crippen MR) is 110 cm³/mol. The van der Waals surface area contributed by atoms with Crippen LogP contribution in [0.15, 0.2) is 53.5 Å². The third-order valence-electron chi connectivity index (χ3n) is 4.82. The number of hydrogen-bond donors (Lipinski definition) is 2. The van der Waals surface area contributed by atoms with Crippen LogP contribution in [0.5, 0.6) is 5.75 Å². The number of rotatable bonds is 7. The minimum atomic E-state index is -0.372. The van der Waals surface area contributed by atoms with Gasteiger partial charge in [0.15, 0.2) is 5.96 Å². The summed E-state index contributed by atoms with van der Waals surface area (Å²) in [6.45, 7) is 1.51. The summed E-state index contributed by atoms with van der Waals surface area (Å²) < 4.78 is 5.71. The zero-order valence-electron chi connectivity index (χ0n) is 16.1. The van der Waals surface area contributed by atoms with Crippen molar-refractivity contribution >= 4 is 11.6 Å². The Labute approximate surface area is 165 Å². The van der Waals surface area contributed by atoms with E-state index >= 15 is 0 Å². The lowest BCUT2D eigenvalue weighted by molar-refractivity contribution is -0.384. The molecule has 0 aromatic heterocycles. The fraction of sp³-hybridized carbons (Fsp3) is 0.381. The second kappa shape index (κ2) is 9.73. The van der Waals surface area contributed by atoms with E-state index in [0.717, 1.165) is 55.1 Å². The van der Waals surface area contributed by atoms with Gasteiger partial charge in [-0.3, -0.25) is 15.1 Å². The lowest BCUT2D eigenvalue weighted by atomic mass is 10.0. The van der Waals surface area contributed by atoms with E-state index in [-0.39, 0.29) is 16.7 Å². The van der Waals surface area contributed by atoms with Crippen LogP contribution in [0, 0.1) is 10.1 Å². The second-order valence-corrected chi connectivity index (χ2v) is 6.75. The third kappa shape index (κ3) is 5.22. The van der Waals surface area contributed by atoms with Crippen molar-refractivity contribution in [3.63, 3.8) is 0 Å². The Balaban J connectivity index is 1.41. The molecule has 2 aromatic rings. The highest BCUT2D eigenvalue weighted by Gasteiger charge is 2.21. The van der Waals surface area contributed by atoms with Crippen molar-refractivity contribution in [1.29, 1.82) is 0 Å². The minimum absolute atomic E-state index is 0.134. The fourth-order valence-electron chi connectivity index (χ4n) is 3.30. The standard InChI is InChI=1S/C21H26N4O3/c1-22-21(24-19-13-15-28-20-8-3-2-7-18(19)20)23-14-5-4-6-16-9-11-17(12-10-16)25(26)27/h2-3,7-12,19H,4-6,13-15H2,1H3,(H2,22,23,24). The molecule has 1 unspecified atom stereocenters. The Hall–Kier alpha value is -3.09. The van der Waals surface area contributed by atoms with Gasteiger partial charge in [0.05, 0.1) is 17.6 Å². The molecule has 1 heterocycles. The van der Waals surface area contributed by atoms with Gasteiger partial charge in [-0.15, -0.1) is 0 Å². The highest BCUT2D eigenvalue weighted by atomic mass is 16.6. The molecule has 1 aliphatic heterocycles. The van der Waals surface area contributed by atoms with Gasteiger partial charge in [-0.2, -0.15) is 0 Å². The number of nitrogens with one attached hydrogen (secondary N) is 2. The molecule has 2 N–H and O–H groups in total. The number of para-hydroxylation sites is 1. The summed E-state index contributed by atoms with van der Waals surface area (Å²) in [7, 11) is 1.78. The normalized spacial score (nSPS) is 16.0. The van der Waals surface area contributed by atoms with Gasteiger partial charge in [0, 0.05) is 37.7 Å². The van der Waals surface area contributed by atoms with Gasteiger partial charge in [-0.25, -0.2) is 0 Å². The predicted octanol–water partition coefficient (Wildman–Crippen LogP) is 3.61. The van der Waals surface area contributed by atoms with E-state index in [1.807, 2.05) is 30.3 Å². The number of aliphatic imine (C=N–C) groups is 1. The maximum Gasteiger partial charge on any atom is 0.269 e. The maximum absolute atomic E-state index is 10.7. The van der Waals surface area contributed by atoms with E-state index in [1.165, 1.54) is 0 Å². The number of non-ortho nitro benzene ring substituents is 1. The van der Waals surface area contributed by atoms with Crippen molar-refractivity contribution in [1.82, 2.24) is 10.6 Å². The number of nitrogens with zero attached hydrogens (tertiary/aromatic N) is 2. The molecule has 0 radical (unpaired) electrons. The van der Waals surface area contributed by atoms with Crippen LogP contribution in [0.3, 0.4) is 0 Å². The summed E-state index contributed by atoms with van der Waals surface area (Å²) >= 11 is 0. The smallest absolute Gasteiger partial charge is 0.269 e. The molecule has 28 heavy (non-hydrogen) atoms. The van der Waals surface area contributed by atoms with Crippen molar-refractivity contribution < 1.29 is 9.66 Å². The van der Waals surface area contributed by atoms with Gasteiger partial charge < -0.3 is 15.4 Å². The molecule has 3 rings (SSSR count). The molecular weight excluding hydrogens is 356 g/mol. The van der Waals surface area contributed by atoms with Crippen LogP contribution in [0.2, 0.25) is 0 Å². The molecular formula is C21H26N4O3. The van der Waals surface area contributed by atoms with Gasteiger partial charge in [-0.05, 0) is 30.9 Å². The molecule has 0 saturated carbocycles.